The third-order valence-corrected chi connectivity index (χ3v) is 6.39. The number of carbonyl (C=O) groups is 1. The van der Waals surface area contributed by atoms with Crippen molar-refractivity contribution < 1.29 is 9.18 Å². The predicted octanol–water partition coefficient (Wildman–Crippen LogP) is 5.39. The van der Waals surface area contributed by atoms with Crippen molar-refractivity contribution in [3.8, 4) is 22.4 Å². The van der Waals surface area contributed by atoms with E-state index < -0.39 is 0 Å². The van der Waals surface area contributed by atoms with Crippen LogP contribution in [0.4, 0.5) is 9.52 Å². The Morgan fingerprint density at radius 1 is 1.03 bits per heavy atom. The number of amidine groups is 1. The number of aromatic nitrogens is 3. The third-order valence-electron chi connectivity index (χ3n) is 4.74. The zero-order valence-corrected chi connectivity index (χ0v) is 17.5. The van der Waals surface area contributed by atoms with Gasteiger partial charge in [-0.3, -0.25) is 15.3 Å². The van der Waals surface area contributed by atoms with Gasteiger partial charge in [-0.05, 0) is 41.1 Å². The van der Waals surface area contributed by atoms with Crippen molar-refractivity contribution >= 4 is 45.4 Å². The Morgan fingerprint density at radius 2 is 1.71 bits per heavy atom. The third kappa shape index (κ3) is 3.69. The number of benzene rings is 2. The lowest BCUT2D eigenvalue weighted by molar-refractivity contribution is -0.113. The quantitative estimate of drug-likeness (QED) is 0.411. The van der Waals surface area contributed by atoms with E-state index in [1.54, 1.807) is 36.0 Å². The topological polar surface area (TPSA) is 85.7 Å². The Bertz CT molecular complexity index is 1290. The second kappa shape index (κ2) is 7.93. The first kappa shape index (κ1) is 19.4. The molecule has 4 aromatic rings. The van der Waals surface area contributed by atoms with E-state index in [0.29, 0.717) is 10.0 Å². The highest BCUT2D eigenvalue weighted by Gasteiger charge is 2.35. The molecule has 0 radical (unpaired) electrons. The van der Waals surface area contributed by atoms with Crippen LogP contribution in [-0.2, 0) is 4.79 Å². The number of nitrogens with one attached hydrogen (secondary N) is 2. The minimum absolute atomic E-state index is 0.125. The van der Waals surface area contributed by atoms with E-state index in [1.165, 1.54) is 28.4 Å². The van der Waals surface area contributed by atoms with E-state index in [0.717, 1.165) is 39.7 Å². The Kier molecular flexibility index (Phi) is 4.97. The molecule has 1 aliphatic rings. The first-order valence-corrected chi connectivity index (χ1v) is 10.9. The van der Waals surface area contributed by atoms with Gasteiger partial charge in [0, 0.05) is 22.7 Å². The zero-order valence-electron chi connectivity index (χ0n) is 15.9. The summed E-state index contributed by atoms with van der Waals surface area (Å²) in [6, 6.07) is 14.1. The molecule has 31 heavy (non-hydrogen) atoms. The second-order valence-corrected chi connectivity index (χ2v) is 8.56. The number of hydrogen-bond donors (Lipinski definition) is 2. The Hall–Kier alpha value is -3.56. The van der Waals surface area contributed by atoms with Crippen LogP contribution < -0.4 is 4.90 Å². The molecule has 152 valence electrons. The fourth-order valence-corrected chi connectivity index (χ4v) is 4.77. The molecule has 1 fully saturated rings. The highest BCUT2D eigenvalue weighted by Crippen LogP contribution is 2.37. The smallest absolute Gasteiger partial charge is 0.273 e. The first-order valence-electron chi connectivity index (χ1n) is 9.22. The molecule has 0 unspecified atom stereocenters. The van der Waals surface area contributed by atoms with Gasteiger partial charge >= 0.3 is 0 Å². The molecular weight excluding hydrogens is 433 g/mol. The molecule has 3 heterocycles. The second-order valence-electron chi connectivity index (χ2n) is 6.66. The number of hydrogen-bond acceptors (Lipinski definition) is 6. The van der Waals surface area contributed by atoms with Crippen LogP contribution >= 0.6 is 23.1 Å². The fourth-order valence-electron chi connectivity index (χ4n) is 3.24. The molecule has 2 aromatic carbocycles. The number of rotatable bonds is 4. The Morgan fingerprint density at radius 3 is 2.39 bits per heavy atom. The lowest BCUT2D eigenvalue weighted by Crippen LogP contribution is -2.27. The van der Waals surface area contributed by atoms with Crippen LogP contribution in [0.1, 0.15) is 5.56 Å². The van der Waals surface area contributed by atoms with Crippen molar-refractivity contribution in [2.45, 2.75) is 0 Å². The molecule has 6 nitrogen and oxygen atoms in total. The van der Waals surface area contributed by atoms with E-state index in [2.05, 4.69) is 15.2 Å². The summed E-state index contributed by atoms with van der Waals surface area (Å²) in [5.41, 5.74) is 4.31. The van der Waals surface area contributed by atoms with Crippen LogP contribution in [0, 0.1) is 11.2 Å². The molecule has 0 atom stereocenters. The predicted molar refractivity (Wildman–Crippen MR) is 122 cm³/mol. The Labute approximate surface area is 185 Å². The van der Waals surface area contributed by atoms with Gasteiger partial charge in [0.25, 0.3) is 5.91 Å². The van der Waals surface area contributed by atoms with Crippen molar-refractivity contribution in [2.24, 2.45) is 0 Å². The van der Waals surface area contributed by atoms with Crippen molar-refractivity contribution in [1.29, 1.82) is 5.41 Å². The van der Waals surface area contributed by atoms with Gasteiger partial charge < -0.3 is 0 Å². The molecule has 1 saturated heterocycles. The molecule has 0 bridgehead atoms. The van der Waals surface area contributed by atoms with Crippen molar-refractivity contribution in [1.82, 2.24) is 15.2 Å². The van der Waals surface area contributed by atoms with Gasteiger partial charge in [0.15, 0.2) is 10.3 Å². The molecule has 9 heteroatoms. The number of aromatic amines is 1. The summed E-state index contributed by atoms with van der Waals surface area (Å²) >= 11 is 2.41. The summed E-state index contributed by atoms with van der Waals surface area (Å²) in [6.45, 7) is 0. The molecule has 1 aliphatic heterocycles. The molecule has 2 aromatic heterocycles. The SMILES string of the molecule is N=C1S/C(=C\c2cn[nH]c2-c2ccc(-c3ccc(F)cc3)cc2)C(=O)N1c1nccs1. The van der Waals surface area contributed by atoms with Crippen LogP contribution in [0.15, 0.2) is 71.2 Å². The molecular formula is C22H14FN5OS2. The van der Waals surface area contributed by atoms with Crippen LogP contribution in [0.5, 0.6) is 0 Å². The summed E-state index contributed by atoms with van der Waals surface area (Å²) in [7, 11) is 0. The molecule has 1 amide bonds. The summed E-state index contributed by atoms with van der Waals surface area (Å²) < 4.78 is 13.2. The summed E-state index contributed by atoms with van der Waals surface area (Å²) in [4.78, 5) is 18.7. The molecule has 0 aliphatic carbocycles. The zero-order chi connectivity index (χ0) is 21.4. The van der Waals surface area contributed by atoms with E-state index >= 15 is 0 Å². The average molecular weight is 448 g/mol. The number of halogens is 1. The maximum absolute atomic E-state index is 13.2. The van der Waals surface area contributed by atoms with Crippen molar-refractivity contribution in [2.75, 3.05) is 4.90 Å². The van der Waals surface area contributed by atoms with Crippen LogP contribution in [0.2, 0.25) is 0 Å². The maximum atomic E-state index is 13.2. The van der Waals surface area contributed by atoms with Gasteiger partial charge in [-0.2, -0.15) is 5.10 Å². The maximum Gasteiger partial charge on any atom is 0.273 e. The number of thioether (sulfide) groups is 1. The minimum atomic E-state index is -0.274. The van der Waals surface area contributed by atoms with Gasteiger partial charge in [-0.15, -0.1) is 11.3 Å². The first-order chi connectivity index (χ1) is 15.1. The summed E-state index contributed by atoms with van der Waals surface area (Å²) in [5, 5.41) is 17.7. The van der Waals surface area contributed by atoms with Crippen LogP contribution in [0.3, 0.4) is 0 Å². The highest BCUT2D eigenvalue weighted by molar-refractivity contribution is 8.19. The lowest BCUT2D eigenvalue weighted by Gasteiger charge is -2.09. The normalized spacial score (nSPS) is 15.3. The number of carbonyl (C=O) groups excluding carboxylic acids is 1. The van der Waals surface area contributed by atoms with Crippen LogP contribution in [0.25, 0.3) is 28.5 Å². The standard InChI is InChI=1S/C22H14FN5OS2/c23-17-7-5-14(6-8-17)13-1-3-15(4-2-13)19-16(12-26-27-19)11-18-20(29)28(21(24)31-18)22-25-9-10-30-22/h1-12,24H,(H,26,27)/b18-11-,24-21?. The average Bonchev–Trinajstić information content (AvgIpc) is 3.51. The van der Waals surface area contributed by atoms with E-state index in [4.69, 9.17) is 5.41 Å². The van der Waals surface area contributed by atoms with E-state index in [9.17, 15) is 9.18 Å². The minimum Gasteiger partial charge on any atom is -0.278 e. The molecule has 5 rings (SSSR count). The summed E-state index contributed by atoms with van der Waals surface area (Å²) in [6.07, 6.45) is 5.00. The number of anilines is 1. The molecule has 2 N–H and O–H groups in total. The fraction of sp³-hybridized carbons (Fsp3) is 0. The van der Waals surface area contributed by atoms with Gasteiger partial charge in [0.1, 0.15) is 5.82 Å². The van der Waals surface area contributed by atoms with Gasteiger partial charge in [-0.25, -0.2) is 14.3 Å². The Balaban J connectivity index is 1.43. The highest BCUT2D eigenvalue weighted by atomic mass is 32.2. The van der Waals surface area contributed by atoms with E-state index in [-0.39, 0.29) is 16.9 Å². The van der Waals surface area contributed by atoms with Crippen molar-refractivity contribution in [3.05, 3.63) is 82.6 Å². The number of nitrogens with zero attached hydrogens (tertiary/aromatic N) is 3. The monoisotopic (exact) mass is 447 g/mol. The number of thiazole rings is 1. The number of amides is 1. The lowest BCUT2D eigenvalue weighted by atomic mass is 10.0. The molecule has 0 spiro atoms. The largest absolute Gasteiger partial charge is 0.278 e. The summed E-state index contributed by atoms with van der Waals surface area (Å²) in [5.74, 6) is -0.542. The molecule has 0 saturated carbocycles. The van der Waals surface area contributed by atoms with Crippen molar-refractivity contribution in [3.63, 3.8) is 0 Å². The van der Waals surface area contributed by atoms with E-state index in [1.807, 2.05) is 24.3 Å². The number of H-pyrrole nitrogens is 1. The van der Waals surface area contributed by atoms with Gasteiger partial charge in [0.2, 0.25) is 0 Å². The van der Waals surface area contributed by atoms with Crippen LogP contribution in [-0.4, -0.2) is 26.3 Å². The van der Waals surface area contributed by atoms with Gasteiger partial charge in [0.05, 0.1) is 16.8 Å². The van der Waals surface area contributed by atoms with Gasteiger partial charge in [-0.1, -0.05) is 36.4 Å².